The van der Waals surface area contributed by atoms with E-state index in [1.165, 1.54) is 24.4 Å². The largest absolute Gasteiger partial charge is 0.453 e. The number of hydrogen-bond acceptors (Lipinski definition) is 3. The molecule has 0 spiro atoms. The molecule has 0 aliphatic rings. The zero-order chi connectivity index (χ0) is 18.2. The Labute approximate surface area is 151 Å². The highest BCUT2D eigenvalue weighted by Gasteiger charge is 2.07. The van der Waals surface area contributed by atoms with E-state index >= 15 is 0 Å². The maximum Gasteiger partial charge on any atom is 0.244 e. The van der Waals surface area contributed by atoms with Crippen molar-refractivity contribution in [2.45, 2.75) is 6.54 Å². The molecule has 3 aromatic rings. The molecule has 26 heavy (non-hydrogen) atoms. The number of nitrogens with one attached hydrogen (secondary N) is 1. The first-order valence-corrected chi connectivity index (χ1v) is 8.08. The monoisotopic (exact) mass is 348 g/mol. The molecule has 0 saturated carbocycles. The Morgan fingerprint density at radius 1 is 1.12 bits per heavy atom. The third-order valence-electron chi connectivity index (χ3n) is 3.55. The molecule has 130 valence electrons. The van der Waals surface area contributed by atoms with E-state index in [0.717, 1.165) is 5.56 Å². The van der Waals surface area contributed by atoms with Crippen LogP contribution in [0.4, 0.5) is 4.39 Å². The fraction of sp³-hybridized carbons (Fsp3) is 0.0476. The number of halogens is 1. The fourth-order valence-corrected chi connectivity index (χ4v) is 2.26. The molecular formula is C21H17FN2O2. The lowest BCUT2D eigenvalue weighted by Crippen LogP contribution is -2.20. The van der Waals surface area contributed by atoms with Crippen molar-refractivity contribution in [1.29, 1.82) is 0 Å². The van der Waals surface area contributed by atoms with Gasteiger partial charge >= 0.3 is 0 Å². The van der Waals surface area contributed by atoms with Gasteiger partial charge in [0.2, 0.25) is 5.91 Å². The van der Waals surface area contributed by atoms with Crippen LogP contribution in [0.3, 0.4) is 0 Å². The highest BCUT2D eigenvalue weighted by Crippen LogP contribution is 2.24. The Kier molecular flexibility index (Phi) is 5.72. The minimum atomic E-state index is -0.500. The normalized spacial score (nSPS) is 10.7. The van der Waals surface area contributed by atoms with Crippen LogP contribution in [0.5, 0.6) is 11.5 Å². The van der Waals surface area contributed by atoms with Gasteiger partial charge in [-0.3, -0.25) is 9.78 Å². The molecule has 0 fully saturated rings. The molecule has 1 N–H and O–H groups in total. The Morgan fingerprint density at radius 2 is 1.96 bits per heavy atom. The molecule has 0 aliphatic carbocycles. The molecular weight excluding hydrogens is 331 g/mol. The van der Waals surface area contributed by atoms with E-state index in [9.17, 15) is 9.18 Å². The summed E-state index contributed by atoms with van der Waals surface area (Å²) < 4.78 is 19.6. The Balaban J connectivity index is 1.56. The van der Waals surface area contributed by atoms with Crippen LogP contribution in [0.25, 0.3) is 6.08 Å². The van der Waals surface area contributed by atoms with Gasteiger partial charge in [-0.15, -0.1) is 0 Å². The molecule has 0 bridgehead atoms. The number of hydrogen-bond donors (Lipinski definition) is 1. The molecule has 1 aromatic heterocycles. The lowest BCUT2D eigenvalue weighted by atomic mass is 10.2. The molecule has 1 amide bonds. The molecule has 0 aliphatic heterocycles. The van der Waals surface area contributed by atoms with Gasteiger partial charge < -0.3 is 10.1 Å². The first-order valence-electron chi connectivity index (χ1n) is 8.08. The summed E-state index contributed by atoms with van der Waals surface area (Å²) in [5.74, 6) is -0.180. The van der Waals surface area contributed by atoms with Crippen LogP contribution in [-0.4, -0.2) is 10.9 Å². The van der Waals surface area contributed by atoms with Gasteiger partial charge in [-0.2, -0.15) is 0 Å². The Morgan fingerprint density at radius 3 is 2.69 bits per heavy atom. The van der Waals surface area contributed by atoms with Gasteiger partial charge in [-0.25, -0.2) is 4.39 Å². The van der Waals surface area contributed by atoms with Gasteiger partial charge in [0, 0.05) is 18.8 Å². The van der Waals surface area contributed by atoms with Crippen molar-refractivity contribution < 1.29 is 13.9 Å². The predicted octanol–water partition coefficient (Wildman–Crippen LogP) is 4.34. The van der Waals surface area contributed by atoms with Gasteiger partial charge in [0.15, 0.2) is 11.6 Å². The number of benzene rings is 2. The SMILES string of the molecule is O=C(/C=C/c1ccccc1)NCc1ccc(Oc2cccnc2)c(F)c1. The average Bonchev–Trinajstić information content (AvgIpc) is 2.68. The highest BCUT2D eigenvalue weighted by atomic mass is 19.1. The third-order valence-corrected chi connectivity index (χ3v) is 3.55. The number of aromatic nitrogens is 1. The fourth-order valence-electron chi connectivity index (χ4n) is 2.26. The van der Waals surface area contributed by atoms with Gasteiger partial charge in [-0.05, 0) is 41.5 Å². The first kappa shape index (κ1) is 17.4. The van der Waals surface area contributed by atoms with Gasteiger partial charge in [0.25, 0.3) is 0 Å². The minimum Gasteiger partial charge on any atom is -0.453 e. The lowest BCUT2D eigenvalue weighted by Gasteiger charge is -2.08. The summed E-state index contributed by atoms with van der Waals surface area (Å²) in [7, 11) is 0. The summed E-state index contributed by atoms with van der Waals surface area (Å²) in [5.41, 5.74) is 1.58. The number of carbonyl (C=O) groups is 1. The highest BCUT2D eigenvalue weighted by molar-refractivity contribution is 5.91. The summed E-state index contributed by atoms with van der Waals surface area (Å²) in [6, 6.07) is 17.5. The van der Waals surface area contributed by atoms with Crippen LogP contribution in [0, 0.1) is 5.82 Å². The number of rotatable bonds is 6. The second-order valence-corrected chi connectivity index (χ2v) is 5.52. The number of nitrogens with zero attached hydrogens (tertiary/aromatic N) is 1. The summed E-state index contributed by atoms with van der Waals surface area (Å²) in [4.78, 5) is 15.8. The predicted molar refractivity (Wildman–Crippen MR) is 98.0 cm³/mol. The number of amides is 1. The van der Waals surface area contributed by atoms with Crippen molar-refractivity contribution in [2.24, 2.45) is 0 Å². The number of pyridine rings is 1. The van der Waals surface area contributed by atoms with Crippen LogP contribution < -0.4 is 10.1 Å². The summed E-state index contributed by atoms with van der Waals surface area (Å²) >= 11 is 0. The van der Waals surface area contributed by atoms with Crippen molar-refractivity contribution in [3.8, 4) is 11.5 Å². The molecule has 2 aromatic carbocycles. The quantitative estimate of drug-likeness (QED) is 0.674. The van der Waals surface area contributed by atoms with Crippen LogP contribution in [0.15, 0.2) is 79.1 Å². The maximum atomic E-state index is 14.2. The second-order valence-electron chi connectivity index (χ2n) is 5.52. The first-order chi connectivity index (χ1) is 12.7. The van der Waals surface area contributed by atoms with Crippen molar-refractivity contribution in [2.75, 3.05) is 0 Å². The minimum absolute atomic E-state index is 0.108. The third kappa shape index (κ3) is 5.01. The van der Waals surface area contributed by atoms with Crippen molar-refractivity contribution in [3.05, 3.63) is 96.1 Å². The van der Waals surface area contributed by atoms with Crippen molar-refractivity contribution in [1.82, 2.24) is 10.3 Å². The standard InChI is InChI=1S/C21H17FN2O2/c22-19-13-17(8-10-20(19)26-18-7-4-12-23-15-18)14-24-21(25)11-9-16-5-2-1-3-6-16/h1-13,15H,14H2,(H,24,25)/b11-9+. The van der Waals surface area contributed by atoms with Gasteiger partial charge in [0.05, 0.1) is 6.20 Å². The van der Waals surface area contributed by atoms with Crippen LogP contribution >= 0.6 is 0 Å². The molecule has 3 rings (SSSR count). The molecule has 4 nitrogen and oxygen atoms in total. The van der Waals surface area contributed by atoms with Gasteiger partial charge in [0.1, 0.15) is 5.75 Å². The maximum absolute atomic E-state index is 14.2. The van der Waals surface area contributed by atoms with Gasteiger partial charge in [-0.1, -0.05) is 36.4 Å². The van der Waals surface area contributed by atoms with E-state index in [-0.39, 0.29) is 18.2 Å². The summed E-state index contributed by atoms with van der Waals surface area (Å²) in [5, 5.41) is 2.72. The van der Waals surface area contributed by atoms with E-state index in [4.69, 9.17) is 4.74 Å². The smallest absolute Gasteiger partial charge is 0.244 e. The van der Waals surface area contributed by atoms with Crippen molar-refractivity contribution >= 4 is 12.0 Å². The molecule has 5 heteroatoms. The van der Waals surface area contributed by atoms with Crippen LogP contribution in [0.2, 0.25) is 0 Å². The molecule has 0 radical (unpaired) electrons. The molecule has 0 unspecified atom stereocenters. The lowest BCUT2D eigenvalue weighted by molar-refractivity contribution is -0.116. The van der Waals surface area contributed by atoms with E-state index in [2.05, 4.69) is 10.3 Å². The second kappa shape index (κ2) is 8.58. The summed E-state index contributed by atoms with van der Waals surface area (Å²) in [6.07, 6.45) is 6.29. The Bertz CT molecular complexity index is 896. The van der Waals surface area contributed by atoms with E-state index in [1.807, 2.05) is 30.3 Å². The van der Waals surface area contributed by atoms with E-state index < -0.39 is 5.82 Å². The van der Waals surface area contributed by atoms with Crippen LogP contribution in [0.1, 0.15) is 11.1 Å². The molecule has 0 atom stereocenters. The topological polar surface area (TPSA) is 51.2 Å². The van der Waals surface area contributed by atoms with Crippen LogP contribution in [-0.2, 0) is 11.3 Å². The van der Waals surface area contributed by atoms with Crippen molar-refractivity contribution in [3.63, 3.8) is 0 Å². The molecule has 1 heterocycles. The number of ether oxygens (including phenoxy) is 1. The Hall–Kier alpha value is -3.47. The van der Waals surface area contributed by atoms with E-state index in [0.29, 0.717) is 11.3 Å². The number of carbonyl (C=O) groups excluding carboxylic acids is 1. The summed E-state index contributed by atoms with van der Waals surface area (Å²) in [6.45, 7) is 0.224. The zero-order valence-corrected chi connectivity index (χ0v) is 13.9. The zero-order valence-electron chi connectivity index (χ0n) is 13.9. The van der Waals surface area contributed by atoms with E-state index in [1.54, 1.807) is 30.5 Å². The average molecular weight is 348 g/mol. The molecule has 0 saturated heterocycles.